The average molecular weight is 521 g/mol. The number of sulfonamides is 1. The first-order chi connectivity index (χ1) is 16.6. The summed E-state index contributed by atoms with van der Waals surface area (Å²) in [4.78, 5) is 29.2. The number of nitrogens with one attached hydrogen (secondary N) is 1. The summed E-state index contributed by atoms with van der Waals surface area (Å²) in [5.41, 5.74) is -1.27. The van der Waals surface area contributed by atoms with Crippen LogP contribution >= 0.6 is 11.6 Å². The van der Waals surface area contributed by atoms with E-state index < -0.39 is 15.6 Å². The normalized spacial score (nSPS) is 32.8. The highest BCUT2D eigenvalue weighted by atomic mass is 35.5. The third kappa shape index (κ3) is 4.25. The first kappa shape index (κ1) is 25.2. The molecule has 1 N–H and O–H groups in total. The molecule has 0 heterocycles. The summed E-state index contributed by atoms with van der Waals surface area (Å²) in [6.07, 6.45) is 7.25. The van der Waals surface area contributed by atoms with Gasteiger partial charge in [0.15, 0.2) is 5.78 Å². The zero-order valence-electron chi connectivity index (χ0n) is 20.8. The van der Waals surface area contributed by atoms with E-state index in [1.807, 2.05) is 18.7 Å². The molecule has 0 radical (unpaired) electrons. The molecule has 8 heteroatoms. The molecule has 5 saturated carbocycles. The van der Waals surface area contributed by atoms with Crippen molar-refractivity contribution in [2.45, 2.75) is 82.1 Å². The lowest BCUT2D eigenvalue weighted by Crippen LogP contribution is -2.61. The van der Waals surface area contributed by atoms with Gasteiger partial charge in [0, 0.05) is 19.5 Å². The lowest BCUT2D eigenvalue weighted by atomic mass is 9.45. The highest BCUT2D eigenvalue weighted by Crippen LogP contribution is 2.63. The summed E-state index contributed by atoms with van der Waals surface area (Å²) in [6.45, 7) is 5.58. The monoisotopic (exact) mass is 520 g/mol. The lowest BCUT2D eigenvalue weighted by Gasteiger charge is -2.60. The molecule has 4 bridgehead atoms. The molecule has 5 aliphatic rings. The van der Waals surface area contributed by atoms with Crippen molar-refractivity contribution in [2.75, 3.05) is 13.1 Å². The molecule has 1 amide bonds. The summed E-state index contributed by atoms with van der Waals surface area (Å²) >= 11 is 6.16. The molecule has 6 nitrogen and oxygen atoms in total. The van der Waals surface area contributed by atoms with Crippen LogP contribution in [0.1, 0.15) is 71.6 Å². The van der Waals surface area contributed by atoms with Crippen LogP contribution in [0.15, 0.2) is 29.2 Å². The van der Waals surface area contributed by atoms with E-state index in [1.165, 1.54) is 6.07 Å². The minimum atomic E-state index is -3.91. The van der Waals surface area contributed by atoms with Crippen LogP contribution in [0.25, 0.3) is 0 Å². The van der Waals surface area contributed by atoms with E-state index in [-0.39, 0.29) is 27.0 Å². The Balaban J connectivity index is 1.32. The Morgan fingerprint density at radius 1 is 1.06 bits per heavy atom. The van der Waals surface area contributed by atoms with E-state index in [9.17, 15) is 18.0 Å². The van der Waals surface area contributed by atoms with E-state index in [0.29, 0.717) is 42.9 Å². The molecule has 0 spiro atoms. The van der Waals surface area contributed by atoms with Crippen LogP contribution in [0.5, 0.6) is 0 Å². The standard InChI is InChI=1S/C27H37ClN2O4S/c1-3-30(4-2)25(32)26-15-18-12-19(16-26)21(20(13-18)17-26)14-24(31)27(10-7-11-27)29-35(33,34)23-9-6-5-8-22(23)28/h5-6,8-9,18-21,29H,3-4,7,10-17H2,1-2H3. The Kier molecular flexibility index (Phi) is 6.59. The minimum Gasteiger partial charge on any atom is -0.343 e. The molecule has 1 aromatic carbocycles. The quantitative estimate of drug-likeness (QED) is 0.506. The van der Waals surface area contributed by atoms with Crippen LogP contribution in [0.4, 0.5) is 0 Å². The number of carbonyl (C=O) groups is 2. The largest absolute Gasteiger partial charge is 0.343 e. The van der Waals surface area contributed by atoms with Gasteiger partial charge < -0.3 is 4.90 Å². The molecule has 35 heavy (non-hydrogen) atoms. The Bertz CT molecular complexity index is 1100. The number of halogens is 1. The maximum absolute atomic E-state index is 13.7. The predicted octanol–water partition coefficient (Wildman–Crippen LogP) is 4.81. The number of rotatable bonds is 9. The zero-order chi connectivity index (χ0) is 25.0. The predicted molar refractivity (Wildman–Crippen MR) is 135 cm³/mol. The van der Waals surface area contributed by atoms with Crippen molar-refractivity contribution in [2.24, 2.45) is 29.1 Å². The van der Waals surface area contributed by atoms with Crippen molar-refractivity contribution >= 4 is 33.3 Å². The molecule has 192 valence electrons. The van der Waals surface area contributed by atoms with E-state index in [1.54, 1.807) is 18.2 Å². The fourth-order valence-electron chi connectivity index (χ4n) is 7.92. The molecule has 6 rings (SSSR count). The summed E-state index contributed by atoms with van der Waals surface area (Å²) in [5.74, 6) is 1.91. The van der Waals surface area contributed by atoms with Gasteiger partial charge in [-0.3, -0.25) is 9.59 Å². The first-order valence-electron chi connectivity index (χ1n) is 13.2. The SMILES string of the molecule is CCN(CC)C(=O)C12CC3CC(C1)C(CC(=O)C1(NS(=O)(=O)c4ccccc4Cl)CCC1)C(C3)C2. The topological polar surface area (TPSA) is 83.6 Å². The minimum absolute atomic E-state index is 0.0148. The Morgan fingerprint density at radius 3 is 2.23 bits per heavy atom. The van der Waals surface area contributed by atoms with Crippen LogP contribution < -0.4 is 4.72 Å². The Morgan fingerprint density at radius 2 is 1.69 bits per heavy atom. The van der Waals surface area contributed by atoms with E-state index in [4.69, 9.17) is 11.6 Å². The van der Waals surface area contributed by atoms with Crippen LogP contribution in [0.3, 0.4) is 0 Å². The number of hydrogen-bond acceptors (Lipinski definition) is 4. The fraction of sp³-hybridized carbons (Fsp3) is 0.704. The molecular formula is C27H37ClN2O4S. The van der Waals surface area contributed by atoms with Gasteiger partial charge in [-0.05, 0) is 101 Å². The van der Waals surface area contributed by atoms with E-state index in [0.717, 1.165) is 51.6 Å². The number of ketones is 1. The molecule has 1 aromatic rings. The first-order valence-corrected chi connectivity index (χ1v) is 15.1. The summed E-state index contributed by atoms with van der Waals surface area (Å²) in [6, 6.07) is 6.36. The van der Waals surface area contributed by atoms with Gasteiger partial charge in [0.2, 0.25) is 15.9 Å². The molecule has 2 unspecified atom stereocenters. The molecule has 0 aromatic heterocycles. The third-order valence-corrected chi connectivity index (χ3v) is 11.6. The number of carbonyl (C=O) groups excluding carboxylic acids is 2. The smallest absolute Gasteiger partial charge is 0.242 e. The molecule has 5 fully saturated rings. The van der Waals surface area contributed by atoms with Gasteiger partial charge >= 0.3 is 0 Å². The highest BCUT2D eigenvalue weighted by Gasteiger charge is 2.60. The summed E-state index contributed by atoms with van der Waals surface area (Å²) in [7, 11) is -3.91. The molecular weight excluding hydrogens is 484 g/mol. The highest BCUT2D eigenvalue weighted by molar-refractivity contribution is 7.89. The maximum Gasteiger partial charge on any atom is 0.242 e. The maximum atomic E-state index is 13.7. The van der Waals surface area contributed by atoms with Gasteiger partial charge in [-0.2, -0.15) is 4.72 Å². The van der Waals surface area contributed by atoms with Crippen molar-refractivity contribution < 1.29 is 18.0 Å². The van der Waals surface area contributed by atoms with Crippen LogP contribution in [0, 0.1) is 29.1 Å². The Labute approximate surface area is 214 Å². The van der Waals surface area contributed by atoms with Crippen molar-refractivity contribution in [3.63, 3.8) is 0 Å². The van der Waals surface area contributed by atoms with Gasteiger partial charge in [0.1, 0.15) is 4.90 Å². The van der Waals surface area contributed by atoms with Crippen molar-refractivity contribution in [3.05, 3.63) is 29.3 Å². The number of benzene rings is 1. The second kappa shape index (κ2) is 9.14. The summed E-state index contributed by atoms with van der Waals surface area (Å²) < 4.78 is 29.1. The third-order valence-electron chi connectivity index (χ3n) is 9.59. The molecule has 0 aliphatic heterocycles. The lowest BCUT2D eigenvalue weighted by molar-refractivity contribution is -0.165. The van der Waals surface area contributed by atoms with Crippen molar-refractivity contribution in [1.29, 1.82) is 0 Å². The van der Waals surface area contributed by atoms with Crippen molar-refractivity contribution in [1.82, 2.24) is 9.62 Å². The van der Waals surface area contributed by atoms with E-state index >= 15 is 0 Å². The van der Waals surface area contributed by atoms with Crippen LogP contribution in [-0.4, -0.2) is 43.6 Å². The number of nitrogens with zero attached hydrogens (tertiary/aromatic N) is 1. The van der Waals surface area contributed by atoms with Gasteiger partial charge in [0.05, 0.1) is 16.0 Å². The van der Waals surface area contributed by atoms with Gasteiger partial charge in [-0.1, -0.05) is 23.7 Å². The Hall–Kier alpha value is -1.44. The second-order valence-corrected chi connectivity index (χ2v) is 13.5. The van der Waals surface area contributed by atoms with Gasteiger partial charge in [-0.25, -0.2) is 8.42 Å². The van der Waals surface area contributed by atoms with Crippen LogP contribution in [-0.2, 0) is 19.6 Å². The van der Waals surface area contributed by atoms with Gasteiger partial charge in [-0.15, -0.1) is 0 Å². The van der Waals surface area contributed by atoms with Crippen molar-refractivity contribution in [3.8, 4) is 0 Å². The molecule has 5 aliphatic carbocycles. The van der Waals surface area contributed by atoms with E-state index in [2.05, 4.69) is 4.72 Å². The molecule has 2 atom stereocenters. The average Bonchev–Trinajstić information content (AvgIpc) is 2.79. The molecule has 0 saturated heterocycles. The number of hydrogen-bond donors (Lipinski definition) is 1. The van der Waals surface area contributed by atoms with Crippen LogP contribution in [0.2, 0.25) is 5.02 Å². The van der Waals surface area contributed by atoms with Gasteiger partial charge in [0.25, 0.3) is 0 Å². The fourth-order valence-corrected chi connectivity index (χ4v) is 9.89. The zero-order valence-corrected chi connectivity index (χ0v) is 22.3. The summed E-state index contributed by atoms with van der Waals surface area (Å²) in [5, 5.41) is 0.158. The second-order valence-electron chi connectivity index (χ2n) is 11.5. The number of Topliss-reactive ketones (excluding diaryl/α,β-unsaturated/α-hetero) is 1. The number of amides is 1.